The van der Waals surface area contributed by atoms with Crippen molar-refractivity contribution in [2.45, 2.75) is 83.7 Å². The Bertz CT molecular complexity index is 406. The Labute approximate surface area is 133 Å². The van der Waals surface area contributed by atoms with Crippen LogP contribution in [0.4, 0.5) is 0 Å². The summed E-state index contributed by atoms with van der Waals surface area (Å²) in [5.74, 6) is 2.28. The number of ketones is 1. The summed E-state index contributed by atoms with van der Waals surface area (Å²) in [6.07, 6.45) is 9.61. The summed E-state index contributed by atoms with van der Waals surface area (Å²) in [7, 11) is 0. The van der Waals surface area contributed by atoms with E-state index in [1.54, 1.807) is 11.8 Å². The lowest BCUT2D eigenvalue weighted by Crippen LogP contribution is -2.48. The number of carbonyl (C=O) groups is 1. The van der Waals surface area contributed by atoms with E-state index in [0.717, 1.165) is 18.1 Å². The highest BCUT2D eigenvalue weighted by atomic mass is 32.2. The van der Waals surface area contributed by atoms with Crippen molar-refractivity contribution in [1.82, 2.24) is 0 Å². The van der Waals surface area contributed by atoms with Crippen LogP contribution in [-0.2, 0) is 9.53 Å². The third-order valence-corrected chi connectivity index (χ3v) is 8.04. The highest BCUT2D eigenvalue weighted by molar-refractivity contribution is 8.00. The van der Waals surface area contributed by atoms with Gasteiger partial charge in [0.25, 0.3) is 0 Å². The van der Waals surface area contributed by atoms with Crippen molar-refractivity contribution in [1.29, 1.82) is 0 Å². The highest BCUT2D eigenvalue weighted by Crippen LogP contribution is 2.69. The molecule has 0 amide bonds. The van der Waals surface area contributed by atoms with Gasteiger partial charge in [-0.15, -0.1) is 11.8 Å². The molecular formula is C18H30O2S. The smallest absolute Gasteiger partial charge is 0.171 e. The van der Waals surface area contributed by atoms with Gasteiger partial charge in [-0.3, -0.25) is 4.79 Å². The molecular weight excluding hydrogens is 280 g/mol. The van der Waals surface area contributed by atoms with Crippen molar-refractivity contribution >= 4 is 17.5 Å². The molecule has 2 saturated carbocycles. The van der Waals surface area contributed by atoms with Gasteiger partial charge in [0.2, 0.25) is 0 Å². The number of ether oxygens (including phenoxy) is 1. The van der Waals surface area contributed by atoms with Crippen LogP contribution in [0.25, 0.3) is 0 Å². The van der Waals surface area contributed by atoms with E-state index in [2.05, 4.69) is 20.8 Å². The summed E-state index contributed by atoms with van der Waals surface area (Å²) in [5.41, 5.74) is 0.582. The predicted octanol–water partition coefficient (Wildman–Crippen LogP) is 4.81. The molecule has 3 heteroatoms. The van der Waals surface area contributed by atoms with Crippen LogP contribution in [0.5, 0.6) is 0 Å². The maximum absolute atomic E-state index is 12.4. The first-order valence-electron chi connectivity index (χ1n) is 8.81. The summed E-state index contributed by atoms with van der Waals surface area (Å²) in [4.78, 5) is 12.4. The quantitative estimate of drug-likeness (QED) is 0.659. The molecule has 2 bridgehead atoms. The van der Waals surface area contributed by atoms with Gasteiger partial charge in [-0.25, -0.2) is 0 Å². The second-order valence-electron chi connectivity index (χ2n) is 7.89. The number of unbranched alkanes of at least 4 members (excludes halogenated alkanes) is 3. The van der Waals surface area contributed by atoms with E-state index in [9.17, 15) is 4.79 Å². The molecule has 3 rings (SSSR count). The zero-order chi connectivity index (χ0) is 15.1. The van der Waals surface area contributed by atoms with Crippen molar-refractivity contribution in [3.05, 3.63) is 0 Å². The Hall–Kier alpha value is -0.0200. The molecule has 4 atom stereocenters. The average Bonchev–Trinajstić information content (AvgIpc) is 2.85. The van der Waals surface area contributed by atoms with Gasteiger partial charge in [-0.05, 0) is 37.0 Å². The van der Waals surface area contributed by atoms with E-state index >= 15 is 0 Å². The van der Waals surface area contributed by atoms with Gasteiger partial charge in [0.1, 0.15) is 0 Å². The normalized spacial score (nSPS) is 40.2. The summed E-state index contributed by atoms with van der Waals surface area (Å²) >= 11 is 1.79. The molecule has 0 N–H and O–H groups in total. The van der Waals surface area contributed by atoms with Gasteiger partial charge in [0.05, 0.1) is 6.10 Å². The Morgan fingerprint density at radius 3 is 2.81 bits per heavy atom. The fourth-order valence-electron chi connectivity index (χ4n) is 4.96. The van der Waals surface area contributed by atoms with Gasteiger partial charge in [0.15, 0.2) is 11.2 Å². The molecule has 1 saturated heterocycles. The highest BCUT2D eigenvalue weighted by Gasteiger charge is 2.66. The Morgan fingerprint density at radius 1 is 1.29 bits per heavy atom. The molecule has 0 unspecified atom stereocenters. The molecule has 1 spiro atoms. The van der Waals surface area contributed by atoms with Crippen LogP contribution in [0, 0.1) is 16.7 Å². The number of hydrogen-bond acceptors (Lipinski definition) is 3. The second kappa shape index (κ2) is 5.88. The van der Waals surface area contributed by atoms with Crippen molar-refractivity contribution < 1.29 is 9.53 Å². The second-order valence-corrected chi connectivity index (χ2v) is 8.94. The summed E-state index contributed by atoms with van der Waals surface area (Å²) < 4.78 is 6.30. The number of rotatable bonds is 6. The number of thioether (sulfide) groups is 1. The molecule has 3 aliphatic rings. The first-order valence-corrected chi connectivity index (χ1v) is 9.86. The maximum atomic E-state index is 12.4. The van der Waals surface area contributed by atoms with E-state index in [0.29, 0.717) is 29.1 Å². The van der Waals surface area contributed by atoms with Gasteiger partial charge >= 0.3 is 0 Å². The van der Waals surface area contributed by atoms with Gasteiger partial charge < -0.3 is 4.74 Å². The van der Waals surface area contributed by atoms with Crippen molar-refractivity contribution in [3.8, 4) is 0 Å². The molecule has 1 heterocycles. The Morgan fingerprint density at radius 2 is 2.10 bits per heavy atom. The molecule has 120 valence electrons. The fourth-order valence-corrected chi connectivity index (χ4v) is 6.62. The fraction of sp³-hybridized carbons (Fsp3) is 0.944. The Balaban J connectivity index is 1.56. The number of hydrogen-bond donors (Lipinski definition) is 0. The molecule has 0 radical (unpaired) electrons. The molecule has 3 fully saturated rings. The first kappa shape index (κ1) is 15.9. The zero-order valence-corrected chi connectivity index (χ0v) is 14.6. The van der Waals surface area contributed by atoms with E-state index in [4.69, 9.17) is 4.74 Å². The van der Waals surface area contributed by atoms with Crippen LogP contribution in [0.15, 0.2) is 0 Å². The molecule has 0 aromatic heterocycles. The standard InChI is InChI=1S/C18H30O2S/c1-4-5-6-7-8-14(19)16-20-15-11-13-9-10-18(15,12-21-16)17(13,2)3/h13,15-16H,4-12H2,1-3H3/t13-,15-,16-,18-/m1/s1. The minimum atomic E-state index is -0.169. The molecule has 1 aliphatic heterocycles. The van der Waals surface area contributed by atoms with Crippen LogP contribution >= 0.6 is 11.8 Å². The largest absolute Gasteiger partial charge is 0.356 e. The van der Waals surface area contributed by atoms with Crippen LogP contribution < -0.4 is 0 Å². The minimum absolute atomic E-state index is 0.169. The Kier molecular flexibility index (Phi) is 4.44. The lowest BCUT2D eigenvalue weighted by atomic mass is 9.69. The molecule has 21 heavy (non-hydrogen) atoms. The number of fused-ring (bicyclic) bond motifs is 1. The van der Waals surface area contributed by atoms with Crippen LogP contribution in [0.2, 0.25) is 0 Å². The molecule has 0 aromatic rings. The third kappa shape index (κ3) is 2.49. The minimum Gasteiger partial charge on any atom is -0.356 e. The average molecular weight is 311 g/mol. The number of carbonyl (C=O) groups excluding carboxylic acids is 1. The number of Topliss-reactive ketones (excluding diaryl/α,β-unsaturated/α-hetero) is 1. The molecule has 0 aromatic carbocycles. The SMILES string of the molecule is CCCCCCC(=O)[C@@H]1O[C@@H]2C[C@H]3CC[C@]2(CS1)C3(C)C. The monoisotopic (exact) mass is 310 g/mol. The van der Waals surface area contributed by atoms with Crippen LogP contribution in [0.3, 0.4) is 0 Å². The molecule has 2 aliphatic carbocycles. The topological polar surface area (TPSA) is 26.3 Å². The lowest BCUT2D eigenvalue weighted by Gasteiger charge is -2.47. The lowest BCUT2D eigenvalue weighted by molar-refractivity contribution is -0.134. The van der Waals surface area contributed by atoms with E-state index in [-0.39, 0.29) is 5.44 Å². The van der Waals surface area contributed by atoms with Gasteiger partial charge in [-0.2, -0.15) is 0 Å². The molecule has 2 nitrogen and oxygen atoms in total. The van der Waals surface area contributed by atoms with Crippen molar-refractivity contribution in [3.63, 3.8) is 0 Å². The maximum Gasteiger partial charge on any atom is 0.171 e. The van der Waals surface area contributed by atoms with Gasteiger partial charge in [0, 0.05) is 17.6 Å². The summed E-state index contributed by atoms with van der Waals surface area (Å²) in [5, 5.41) is 0. The summed E-state index contributed by atoms with van der Waals surface area (Å²) in [6, 6.07) is 0. The first-order chi connectivity index (χ1) is 10.0. The van der Waals surface area contributed by atoms with E-state index in [1.165, 1.54) is 38.5 Å². The zero-order valence-electron chi connectivity index (χ0n) is 13.8. The van der Waals surface area contributed by atoms with Crippen LogP contribution in [0.1, 0.15) is 72.1 Å². The van der Waals surface area contributed by atoms with Crippen molar-refractivity contribution in [2.75, 3.05) is 5.75 Å². The van der Waals surface area contributed by atoms with E-state index in [1.807, 2.05) is 0 Å². The van der Waals surface area contributed by atoms with Crippen molar-refractivity contribution in [2.24, 2.45) is 16.7 Å². The van der Waals surface area contributed by atoms with Crippen LogP contribution in [-0.4, -0.2) is 23.1 Å². The predicted molar refractivity (Wildman–Crippen MR) is 88.4 cm³/mol. The third-order valence-electron chi connectivity index (χ3n) is 6.68. The van der Waals surface area contributed by atoms with Gasteiger partial charge in [-0.1, -0.05) is 40.0 Å². The van der Waals surface area contributed by atoms with E-state index < -0.39 is 0 Å². The summed E-state index contributed by atoms with van der Waals surface area (Å²) in [6.45, 7) is 7.07.